The van der Waals surface area contributed by atoms with Crippen molar-refractivity contribution >= 4 is 40.9 Å². The highest BCUT2D eigenvalue weighted by molar-refractivity contribution is 8.01. The lowest BCUT2D eigenvalue weighted by molar-refractivity contribution is -0.123. The van der Waals surface area contributed by atoms with Gasteiger partial charge in [0.25, 0.3) is 11.8 Å². The van der Waals surface area contributed by atoms with Gasteiger partial charge in [-0.15, -0.1) is 11.8 Å². The van der Waals surface area contributed by atoms with Gasteiger partial charge in [0.1, 0.15) is 0 Å². The summed E-state index contributed by atoms with van der Waals surface area (Å²) in [5.74, 6) is 0.470. The van der Waals surface area contributed by atoms with Crippen molar-refractivity contribution < 1.29 is 14.0 Å². The number of amides is 2. The van der Waals surface area contributed by atoms with Crippen LogP contribution < -0.4 is 4.90 Å². The van der Waals surface area contributed by atoms with E-state index in [0.29, 0.717) is 23.9 Å². The molecule has 0 N–H and O–H groups in total. The first kappa shape index (κ1) is 19.3. The van der Waals surface area contributed by atoms with Gasteiger partial charge in [0.05, 0.1) is 18.5 Å². The Morgan fingerprint density at radius 2 is 2.00 bits per heavy atom. The second kappa shape index (κ2) is 7.22. The highest BCUT2D eigenvalue weighted by atomic mass is 35.5. The van der Waals surface area contributed by atoms with Crippen LogP contribution in [0.3, 0.4) is 0 Å². The fraction of sp³-hybridized carbons (Fsp3) is 0.217. The fourth-order valence-corrected chi connectivity index (χ4v) is 5.78. The molecule has 2 aromatic carbocycles. The third-order valence-electron chi connectivity index (χ3n) is 5.59. The lowest BCUT2D eigenvalue weighted by Crippen LogP contribution is -2.50. The summed E-state index contributed by atoms with van der Waals surface area (Å²) in [5, 5.41) is 0.538. The molecule has 1 spiro atoms. The van der Waals surface area contributed by atoms with Crippen molar-refractivity contribution in [3.8, 4) is 0 Å². The molecule has 0 unspecified atom stereocenters. The van der Waals surface area contributed by atoms with Gasteiger partial charge in [0, 0.05) is 22.9 Å². The van der Waals surface area contributed by atoms with Gasteiger partial charge in [-0.05, 0) is 42.8 Å². The number of carbonyl (C=O) groups excluding carboxylic acids is 2. The minimum absolute atomic E-state index is 0.122. The van der Waals surface area contributed by atoms with Crippen molar-refractivity contribution in [2.24, 2.45) is 0 Å². The zero-order valence-electron chi connectivity index (χ0n) is 16.3. The van der Waals surface area contributed by atoms with Crippen LogP contribution in [0.5, 0.6) is 0 Å². The number of aryl methyl sites for hydroxylation is 1. The largest absolute Gasteiger partial charge is 0.459 e. The van der Waals surface area contributed by atoms with Crippen LogP contribution in [-0.2, 0) is 16.2 Å². The predicted octanol–water partition coefficient (Wildman–Crippen LogP) is 4.83. The summed E-state index contributed by atoms with van der Waals surface area (Å²) in [7, 11) is 0. The smallest absolute Gasteiger partial charge is 0.291 e. The molecule has 0 saturated carbocycles. The minimum atomic E-state index is -1.13. The second-order valence-corrected chi connectivity index (χ2v) is 9.19. The van der Waals surface area contributed by atoms with Crippen molar-refractivity contribution in [2.45, 2.75) is 18.3 Å². The van der Waals surface area contributed by atoms with Crippen LogP contribution in [0.2, 0.25) is 5.02 Å². The van der Waals surface area contributed by atoms with Crippen molar-refractivity contribution in [3.63, 3.8) is 0 Å². The Hall–Kier alpha value is -2.70. The summed E-state index contributed by atoms with van der Waals surface area (Å²) in [5.41, 5.74) is 3.74. The van der Waals surface area contributed by atoms with Crippen LogP contribution in [0.15, 0.2) is 65.3 Å². The van der Waals surface area contributed by atoms with Crippen LogP contribution in [0.25, 0.3) is 0 Å². The Bertz CT molecular complexity index is 1130. The van der Waals surface area contributed by atoms with E-state index in [1.807, 2.05) is 43.3 Å². The number of nitrogens with zero attached hydrogens (tertiary/aromatic N) is 2. The summed E-state index contributed by atoms with van der Waals surface area (Å²) in [6.45, 7) is 2.92. The number of benzene rings is 2. The second-order valence-electron chi connectivity index (χ2n) is 7.46. The molecule has 0 aliphatic carbocycles. The van der Waals surface area contributed by atoms with Gasteiger partial charge in [-0.3, -0.25) is 9.59 Å². The van der Waals surface area contributed by atoms with E-state index in [0.717, 1.165) is 22.4 Å². The number of thioether (sulfide) groups is 1. The zero-order chi connectivity index (χ0) is 20.9. The highest BCUT2D eigenvalue weighted by Gasteiger charge is 2.59. The van der Waals surface area contributed by atoms with E-state index in [9.17, 15) is 9.59 Å². The Labute approximate surface area is 183 Å². The van der Waals surface area contributed by atoms with Gasteiger partial charge in [-0.25, -0.2) is 0 Å². The maximum Gasteiger partial charge on any atom is 0.291 e. The third kappa shape index (κ3) is 2.86. The van der Waals surface area contributed by atoms with E-state index in [-0.39, 0.29) is 17.6 Å². The standard InChI is InChI=1S/C23H19ClN2O3S/c1-15-4-6-16(7-5-15)14-25-19-9-8-17(24)13-18(19)23(22(25)28)26(10-12-30-23)21(27)20-3-2-11-29-20/h2-9,11,13H,10,12,14H2,1H3/t23-/m1/s1. The number of anilines is 1. The van der Waals surface area contributed by atoms with Crippen LogP contribution in [-0.4, -0.2) is 29.0 Å². The van der Waals surface area contributed by atoms with Crippen LogP contribution in [0.1, 0.15) is 27.2 Å². The molecule has 1 aromatic heterocycles. The first-order valence-electron chi connectivity index (χ1n) is 9.68. The Morgan fingerprint density at radius 1 is 1.20 bits per heavy atom. The number of hydrogen-bond donors (Lipinski definition) is 0. The molecule has 5 nitrogen and oxygen atoms in total. The summed E-state index contributed by atoms with van der Waals surface area (Å²) in [6, 6.07) is 16.9. The van der Waals surface area contributed by atoms with E-state index in [1.165, 1.54) is 18.0 Å². The van der Waals surface area contributed by atoms with Gasteiger partial charge >= 0.3 is 0 Å². The Morgan fingerprint density at radius 3 is 2.73 bits per heavy atom. The molecule has 0 bridgehead atoms. The van der Waals surface area contributed by atoms with E-state index >= 15 is 0 Å². The highest BCUT2D eigenvalue weighted by Crippen LogP contribution is 2.55. The first-order chi connectivity index (χ1) is 14.5. The maximum absolute atomic E-state index is 13.9. The molecular weight excluding hydrogens is 420 g/mol. The average Bonchev–Trinajstić information content (AvgIpc) is 3.47. The number of fused-ring (bicyclic) bond motifs is 2. The van der Waals surface area contributed by atoms with Crippen molar-refractivity contribution in [2.75, 3.05) is 17.2 Å². The molecule has 5 rings (SSSR count). The molecular formula is C23H19ClN2O3S. The predicted molar refractivity (Wildman–Crippen MR) is 118 cm³/mol. The molecule has 3 heterocycles. The first-order valence-corrected chi connectivity index (χ1v) is 11.0. The molecule has 3 aromatic rings. The van der Waals surface area contributed by atoms with Gasteiger partial charge in [-0.2, -0.15) is 0 Å². The van der Waals surface area contributed by atoms with Crippen LogP contribution in [0.4, 0.5) is 5.69 Å². The van der Waals surface area contributed by atoms with Crippen molar-refractivity contribution in [1.82, 2.24) is 4.90 Å². The molecule has 152 valence electrons. The van der Waals surface area contributed by atoms with Crippen LogP contribution >= 0.6 is 23.4 Å². The van der Waals surface area contributed by atoms with Crippen molar-refractivity contribution in [1.29, 1.82) is 0 Å². The van der Waals surface area contributed by atoms with E-state index in [1.54, 1.807) is 28.0 Å². The quantitative estimate of drug-likeness (QED) is 0.587. The number of hydrogen-bond acceptors (Lipinski definition) is 4. The number of halogens is 1. The van der Waals surface area contributed by atoms with E-state index < -0.39 is 4.87 Å². The number of rotatable bonds is 3. The van der Waals surface area contributed by atoms with Crippen molar-refractivity contribution in [3.05, 3.63) is 88.3 Å². The normalized spacial score (nSPS) is 20.3. The van der Waals surface area contributed by atoms with Gasteiger partial charge < -0.3 is 14.2 Å². The number of carbonyl (C=O) groups is 2. The Kier molecular flexibility index (Phi) is 4.64. The molecule has 1 atom stereocenters. The topological polar surface area (TPSA) is 53.8 Å². The SMILES string of the molecule is Cc1ccc(CN2C(=O)[C@]3(SCCN3C(=O)c3ccco3)c3cc(Cl)ccc32)cc1. The lowest BCUT2D eigenvalue weighted by Gasteiger charge is -2.32. The van der Waals surface area contributed by atoms with Gasteiger partial charge in [0.2, 0.25) is 0 Å². The van der Waals surface area contributed by atoms with Gasteiger partial charge in [0.15, 0.2) is 10.6 Å². The molecule has 0 radical (unpaired) electrons. The molecule has 2 aliphatic rings. The molecule has 2 amide bonds. The molecule has 7 heteroatoms. The monoisotopic (exact) mass is 438 g/mol. The molecule has 1 fully saturated rings. The average molecular weight is 439 g/mol. The molecule has 30 heavy (non-hydrogen) atoms. The van der Waals surface area contributed by atoms with E-state index in [2.05, 4.69) is 0 Å². The lowest BCUT2D eigenvalue weighted by atomic mass is 10.1. The molecule has 1 saturated heterocycles. The van der Waals surface area contributed by atoms with Crippen LogP contribution in [0, 0.1) is 6.92 Å². The zero-order valence-corrected chi connectivity index (χ0v) is 17.9. The Balaban J connectivity index is 1.60. The maximum atomic E-state index is 13.9. The van der Waals surface area contributed by atoms with E-state index in [4.69, 9.17) is 16.0 Å². The van der Waals surface area contributed by atoms with Gasteiger partial charge in [-0.1, -0.05) is 41.4 Å². The summed E-state index contributed by atoms with van der Waals surface area (Å²) >= 11 is 7.80. The fourth-order valence-electron chi connectivity index (χ4n) is 4.15. The summed E-state index contributed by atoms with van der Waals surface area (Å²) in [4.78, 5) is 29.4. The third-order valence-corrected chi connectivity index (χ3v) is 7.25. The summed E-state index contributed by atoms with van der Waals surface area (Å²) in [6.07, 6.45) is 1.47. The minimum Gasteiger partial charge on any atom is -0.459 e. The number of furan rings is 1. The summed E-state index contributed by atoms with van der Waals surface area (Å²) < 4.78 is 5.34. The molecule has 2 aliphatic heterocycles.